The van der Waals surface area contributed by atoms with Gasteiger partial charge in [0.05, 0.1) is 15.6 Å². The summed E-state index contributed by atoms with van der Waals surface area (Å²) < 4.78 is 25.6. The van der Waals surface area contributed by atoms with E-state index < -0.39 is 10.0 Å². The van der Waals surface area contributed by atoms with Gasteiger partial charge in [-0.25, -0.2) is 17.7 Å². The molecule has 0 radical (unpaired) electrons. The van der Waals surface area contributed by atoms with Crippen LogP contribution in [-0.4, -0.2) is 49.2 Å². The van der Waals surface area contributed by atoms with Gasteiger partial charge in [-0.3, -0.25) is 9.78 Å². The fourth-order valence-corrected chi connectivity index (χ4v) is 4.43. The summed E-state index contributed by atoms with van der Waals surface area (Å²) >= 11 is 1.59. The van der Waals surface area contributed by atoms with Gasteiger partial charge in [0.25, 0.3) is 5.91 Å². The molecule has 1 N–H and O–H groups in total. The Hall–Kier alpha value is -2.62. The molecule has 0 fully saturated rings. The lowest BCUT2D eigenvalue weighted by Gasteiger charge is -2.12. The molecular weight excluding hydrogens is 408 g/mol. The summed E-state index contributed by atoms with van der Waals surface area (Å²) in [4.78, 5) is 21.1. The number of aromatic nitrogens is 2. The van der Waals surface area contributed by atoms with Crippen LogP contribution in [-0.2, 0) is 16.4 Å². The number of thiazole rings is 1. The first-order chi connectivity index (χ1) is 13.9. The first-order valence-corrected chi connectivity index (χ1v) is 11.4. The molecule has 2 aromatic heterocycles. The van der Waals surface area contributed by atoms with Crippen molar-refractivity contribution >= 4 is 27.3 Å². The Morgan fingerprint density at radius 2 is 1.93 bits per heavy atom. The number of pyridine rings is 1. The van der Waals surface area contributed by atoms with Crippen LogP contribution < -0.4 is 5.32 Å². The lowest BCUT2D eigenvalue weighted by Crippen LogP contribution is -2.26. The fraction of sp³-hybridized carbons (Fsp3) is 0.250. The predicted octanol–water partition coefficient (Wildman–Crippen LogP) is 2.82. The molecule has 0 bridgehead atoms. The quantitative estimate of drug-likeness (QED) is 0.555. The van der Waals surface area contributed by atoms with Crippen LogP contribution in [0.5, 0.6) is 0 Å². The van der Waals surface area contributed by atoms with E-state index in [4.69, 9.17) is 0 Å². The number of hydrogen-bond donors (Lipinski definition) is 1. The molecule has 1 aromatic carbocycles. The van der Waals surface area contributed by atoms with E-state index in [-0.39, 0.29) is 10.8 Å². The molecule has 9 heteroatoms. The maximum atomic E-state index is 12.4. The maximum absolute atomic E-state index is 12.4. The highest BCUT2D eigenvalue weighted by molar-refractivity contribution is 7.89. The van der Waals surface area contributed by atoms with Gasteiger partial charge in [-0.15, -0.1) is 11.3 Å². The smallest absolute Gasteiger partial charge is 0.251 e. The zero-order chi connectivity index (χ0) is 20.9. The first-order valence-electron chi connectivity index (χ1n) is 9.03. The summed E-state index contributed by atoms with van der Waals surface area (Å²) in [5.41, 5.74) is 2.28. The van der Waals surface area contributed by atoms with Crippen LogP contribution in [0.15, 0.2) is 59.1 Å². The zero-order valence-electron chi connectivity index (χ0n) is 16.2. The van der Waals surface area contributed by atoms with Gasteiger partial charge in [0.1, 0.15) is 0 Å². The van der Waals surface area contributed by atoms with Gasteiger partial charge in [0.15, 0.2) is 0 Å². The van der Waals surface area contributed by atoms with Crippen molar-refractivity contribution in [1.29, 1.82) is 0 Å². The molecule has 0 atom stereocenters. The Labute approximate surface area is 174 Å². The third kappa shape index (κ3) is 5.26. The van der Waals surface area contributed by atoms with Gasteiger partial charge in [0.2, 0.25) is 10.0 Å². The van der Waals surface area contributed by atoms with Crippen molar-refractivity contribution in [2.75, 3.05) is 20.6 Å². The van der Waals surface area contributed by atoms with Gasteiger partial charge in [-0.05, 0) is 36.8 Å². The molecule has 3 rings (SSSR count). The molecule has 0 aliphatic carbocycles. The highest BCUT2D eigenvalue weighted by atomic mass is 32.2. The fourth-order valence-electron chi connectivity index (χ4n) is 2.63. The van der Waals surface area contributed by atoms with Gasteiger partial charge >= 0.3 is 0 Å². The Kier molecular flexibility index (Phi) is 6.73. The molecule has 2 heterocycles. The number of aryl methyl sites for hydroxylation is 1. The lowest BCUT2D eigenvalue weighted by atomic mass is 10.2. The summed E-state index contributed by atoms with van der Waals surface area (Å²) in [5.74, 6) is -0.294. The Bertz CT molecular complexity index is 1080. The largest absolute Gasteiger partial charge is 0.352 e. The highest BCUT2D eigenvalue weighted by Crippen LogP contribution is 2.21. The van der Waals surface area contributed by atoms with Crippen LogP contribution in [0.2, 0.25) is 0 Å². The third-order valence-corrected chi connectivity index (χ3v) is 6.98. The van der Waals surface area contributed by atoms with Crippen LogP contribution >= 0.6 is 11.3 Å². The third-order valence-electron chi connectivity index (χ3n) is 4.26. The van der Waals surface area contributed by atoms with E-state index in [1.807, 2.05) is 17.5 Å². The number of nitrogens with zero attached hydrogens (tertiary/aromatic N) is 3. The minimum atomic E-state index is -3.57. The van der Waals surface area contributed by atoms with Gasteiger partial charge in [0, 0.05) is 56.0 Å². The summed E-state index contributed by atoms with van der Waals surface area (Å²) in [6, 6.07) is 9.89. The van der Waals surface area contributed by atoms with Crippen LogP contribution in [0.4, 0.5) is 0 Å². The topological polar surface area (TPSA) is 92.3 Å². The molecule has 29 heavy (non-hydrogen) atoms. The van der Waals surface area contributed by atoms with Crippen molar-refractivity contribution in [3.63, 3.8) is 0 Å². The van der Waals surface area contributed by atoms with Gasteiger partial charge in [-0.1, -0.05) is 6.07 Å². The molecular formula is C20H22N4O3S2. The van der Waals surface area contributed by atoms with E-state index in [9.17, 15) is 13.2 Å². The molecule has 0 spiro atoms. The highest BCUT2D eigenvalue weighted by Gasteiger charge is 2.18. The standard InChI is InChI=1S/C20H22N4O3S2/c1-24(2)29(26,27)17-6-3-5-16(13-17)20(25)22-10-4-7-19-23-18(14-28-19)15-8-11-21-12-9-15/h3,5-6,8-9,11-14H,4,7,10H2,1-2H3,(H,22,25). The second-order valence-corrected chi connectivity index (χ2v) is 9.63. The van der Waals surface area contributed by atoms with E-state index in [2.05, 4.69) is 15.3 Å². The number of carbonyl (C=O) groups excluding carboxylic acids is 1. The number of rotatable bonds is 8. The molecule has 0 unspecified atom stereocenters. The van der Waals surface area contributed by atoms with E-state index in [1.54, 1.807) is 35.9 Å². The molecule has 3 aromatic rings. The van der Waals surface area contributed by atoms with Crippen LogP contribution in [0.1, 0.15) is 21.8 Å². The minimum absolute atomic E-state index is 0.0987. The SMILES string of the molecule is CN(C)S(=O)(=O)c1cccc(C(=O)NCCCc2nc(-c3ccncc3)cs2)c1. The predicted molar refractivity (Wildman–Crippen MR) is 113 cm³/mol. The summed E-state index contributed by atoms with van der Waals surface area (Å²) in [6.07, 6.45) is 4.97. The minimum Gasteiger partial charge on any atom is -0.352 e. The number of sulfonamides is 1. The van der Waals surface area contributed by atoms with Crippen molar-refractivity contribution in [2.45, 2.75) is 17.7 Å². The maximum Gasteiger partial charge on any atom is 0.251 e. The first kappa shape index (κ1) is 21.1. The van der Waals surface area contributed by atoms with E-state index >= 15 is 0 Å². The number of benzene rings is 1. The Morgan fingerprint density at radius 3 is 2.66 bits per heavy atom. The van der Waals surface area contributed by atoms with Crippen LogP contribution in [0, 0.1) is 0 Å². The average molecular weight is 431 g/mol. The molecule has 0 saturated carbocycles. The van der Waals surface area contributed by atoms with Crippen molar-refractivity contribution < 1.29 is 13.2 Å². The van der Waals surface area contributed by atoms with Crippen molar-refractivity contribution in [3.05, 3.63) is 64.7 Å². The van der Waals surface area contributed by atoms with Crippen molar-refractivity contribution in [3.8, 4) is 11.3 Å². The van der Waals surface area contributed by atoms with E-state index in [0.29, 0.717) is 12.1 Å². The normalized spacial score (nSPS) is 11.6. The molecule has 0 saturated heterocycles. The number of amides is 1. The van der Waals surface area contributed by atoms with Crippen LogP contribution in [0.25, 0.3) is 11.3 Å². The van der Waals surface area contributed by atoms with E-state index in [1.165, 1.54) is 26.2 Å². The van der Waals surface area contributed by atoms with Crippen LogP contribution in [0.3, 0.4) is 0 Å². The zero-order valence-corrected chi connectivity index (χ0v) is 17.8. The second-order valence-electron chi connectivity index (χ2n) is 6.54. The Morgan fingerprint density at radius 1 is 1.17 bits per heavy atom. The van der Waals surface area contributed by atoms with Crippen molar-refractivity contribution in [1.82, 2.24) is 19.6 Å². The molecule has 0 aliphatic heterocycles. The number of nitrogens with one attached hydrogen (secondary N) is 1. The molecule has 152 valence electrons. The van der Waals surface area contributed by atoms with E-state index in [0.717, 1.165) is 33.4 Å². The van der Waals surface area contributed by atoms with Gasteiger partial charge in [-0.2, -0.15) is 0 Å². The Balaban J connectivity index is 1.53. The monoisotopic (exact) mass is 430 g/mol. The second kappa shape index (κ2) is 9.25. The summed E-state index contributed by atoms with van der Waals surface area (Å²) in [7, 11) is -0.654. The summed E-state index contributed by atoms with van der Waals surface area (Å²) in [6.45, 7) is 0.480. The molecule has 7 nitrogen and oxygen atoms in total. The average Bonchev–Trinajstić information content (AvgIpc) is 3.20. The number of hydrogen-bond acceptors (Lipinski definition) is 6. The summed E-state index contributed by atoms with van der Waals surface area (Å²) in [5, 5.41) is 5.86. The molecule has 1 amide bonds. The molecule has 0 aliphatic rings. The number of carbonyl (C=O) groups is 1. The van der Waals surface area contributed by atoms with Gasteiger partial charge < -0.3 is 5.32 Å². The lowest BCUT2D eigenvalue weighted by molar-refractivity contribution is 0.0953. The van der Waals surface area contributed by atoms with Crippen molar-refractivity contribution in [2.24, 2.45) is 0 Å².